The van der Waals surface area contributed by atoms with Gasteiger partial charge in [-0.3, -0.25) is 0 Å². The Bertz CT molecular complexity index is 103. The first-order valence-electron chi connectivity index (χ1n) is 5.02. The maximum absolute atomic E-state index is 5.83. The molecular formula is C9H22O2Si. The summed E-state index contributed by atoms with van der Waals surface area (Å²) in [5.74, 6) is 0. The fourth-order valence-electron chi connectivity index (χ4n) is 1.25. The van der Waals surface area contributed by atoms with Crippen molar-refractivity contribution in [3.63, 3.8) is 0 Å². The quantitative estimate of drug-likeness (QED) is 0.575. The van der Waals surface area contributed by atoms with E-state index in [4.69, 9.17) is 8.85 Å². The van der Waals surface area contributed by atoms with E-state index in [1.165, 1.54) is 0 Å². The van der Waals surface area contributed by atoms with Crippen molar-refractivity contribution in [3.8, 4) is 0 Å². The van der Waals surface area contributed by atoms with Gasteiger partial charge in [0, 0.05) is 13.2 Å². The average molecular weight is 190 g/mol. The van der Waals surface area contributed by atoms with Gasteiger partial charge in [-0.2, -0.15) is 0 Å². The highest BCUT2D eigenvalue weighted by Gasteiger charge is 2.32. The van der Waals surface area contributed by atoms with Crippen LogP contribution in [0.1, 0.15) is 34.1 Å². The van der Waals surface area contributed by atoms with Gasteiger partial charge in [-0.05, 0) is 25.4 Å². The smallest absolute Gasteiger partial charge is 0.337 e. The van der Waals surface area contributed by atoms with E-state index in [-0.39, 0.29) is 0 Å². The Morgan fingerprint density at radius 3 is 1.83 bits per heavy atom. The first kappa shape index (κ1) is 12.1. The van der Waals surface area contributed by atoms with Crippen LogP contribution >= 0.6 is 0 Å². The molecule has 0 aliphatic heterocycles. The Kier molecular flexibility index (Phi) is 6.71. The second kappa shape index (κ2) is 6.63. The minimum Gasteiger partial charge on any atom is -0.395 e. The zero-order valence-electron chi connectivity index (χ0n) is 8.85. The van der Waals surface area contributed by atoms with E-state index in [2.05, 4.69) is 20.8 Å². The van der Waals surface area contributed by atoms with Gasteiger partial charge >= 0.3 is 8.56 Å². The van der Waals surface area contributed by atoms with Crippen molar-refractivity contribution in [2.75, 3.05) is 13.2 Å². The fraction of sp³-hybridized carbons (Fsp3) is 1.00. The topological polar surface area (TPSA) is 18.5 Å². The summed E-state index contributed by atoms with van der Waals surface area (Å²) in [7, 11) is -1.76. The van der Waals surface area contributed by atoms with Crippen molar-refractivity contribution in [3.05, 3.63) is 0 Å². The molecule has 0 spiro atoms. The van der Waals surface area contributed by atoms with Crippen LogP contribution in [0.3, 0.4) is 0 Å². The largest absolute Gasteiger partial charge is 0.395 e. The Morgan fingerprint density at radius 1 is 0.917 bits per heavy atom. The van der Waals surface area contributed by atoms with Crippen molar-refractivity contribution < 1.29 is 8.85 Å². The number of rotatable bonds is 7. The molecule has 0 aliphatic carbocycles. The lowest BCUT2D eigenvalue weighted by Crippen LogP contribution is -2.40. The van der Waals surface area contributed by atoms with Crippen molar-refractivity contribution >= 4 is 8.56 Å². The van der Waals surface area contributed by atoms with Crippen LogP contribution in [0.15, 0.2) is 0 Å². The molecule has 0 N–H and O–H groups in total. The van der Waals surface area contributed by atoms with Crippen LogP contribution in [0, 0.1) is 0 Å². The van der Waals surface area contributed by atoms with Gasteiger partial charge < -0.3 is 8.85 Å². The highest BCUT2D eigenvalue weighted by atomic mass is 28.4. The first-order valence-corrected chi connectivity index (χ1v) is 7.25. The molecule has 0 saturated carbocycles. The molecule has 0 aromatic carbocycles. The van der Waals surface area contributed by atoms with Gasteiger partial charge in [0.25, 0.3) is 0 Å². The molecule has 0 aromatic heterocycles. The average Bonchev–Trinajstić information content (AvgIpc) is 2.13. The number of hydrogen-bond donors (Lipinski definition) is 0. The summed E-state index contributed by atoms with van der Waals surface area (Å²) in [6.07, 6.45) is 1.09. The van der Waals surface area contributed by atoms with Crippen LogP contribution < -0.4 is 0 Å². The van der Waals surface area contributed by atoms with E-state index < -0.39 is 8.56 Å². The molecule has 3 heteroatoms. The molecule has 0 heterocycles. The van der Waals surface area contributed by atoms with Gasteiger partial charge in [0.05, 0.1) is 0 Å². The molecule has 0 fully saturated rings. The SMILES string of the molecule is CCCO[Si](CC)(CC)OCC. The third-order valence-electron chi connectivity index (χ3n) is 2.05. The van der Waals surface area contributed by atoms with Gasteiger partial charge in [-0.15, -0.1) is 0 Å². The normalized spacial score (nSPS) is 12.0. The summed E-state index contributed by atoms with van der Waals surface area (Å²) >= 11 is 0. The Balaban J connectivity index is 3.95. The Labute approximate surface area is 77.5 Å². The van der Waals surface area contributed by atoms with Crippen LogP contribution in [0.25, 0.3) is 0 Å². The molecule has 0 radical (unpaired) electrons. The lowest BCUT2D eigenvalue weighted by Gasteiger charge is -2.27. The molecule has 12 heavy (non-hydrogen) atoms. The summed E-state index contributed by atoms with van der Waals surface area (Å²) in [4.78, 5) is 0. The van der Waals surface area contributed by atoms with Gasteiger partial charge in [-0.25, -0.2) is 0 Å². The van der Waals surface area contributed by atoms with Crippen molar-refractivity contribution in [1.82, 2.24) is 0 Å². The van der Waals surface area contributed by atoms with Crippen LogP contribution in [0.4, 0.5) is 0 Å². The predicted octanol–water partition coefficient (Wildman–Crippen LogP) is 2.93. The highest BCUT2D eigenvalue weighted by molar-refractivity contribution is 6.67. The van der Waals surface area contributed by atoms with E-state index in [0.717, 1.165) is 31.7 Å². The molecule has 0 amide bonds. The monoisotopic (exact) mass is 190 g/mol. The van der Waals surface area contributed by atoms with Crippen LogP contribution in [-0.4, -0.2) is 21.8 Å². The van der Waals surface area contributed by atoms with Crippen molar-refractivity contribution in [1.29, 1.82) is 0 Å². The lowest BCUT2D eigenvalue weighted by atomic mass is 10.5. The maximum Gasteiger partial charge on any atom is 0.337 e. The fourth-order valence-corrected chi connectivity index (χ4v) is 3.75. The summed E-state index contributed by atoms with van der Waals surface area (Å²) in [6, 6.07) is 2.13. The molecule has 0 rings (SSSR count). The van der Waals surface area contributed by atoms with Crippen LogP contribution in [0.2, 0.25) is 12.1 Å². The molecule has 0 bridgehead atoms. The van der Waals surface area contributed by atoms with E-state index in [0.29, 0.717) is 0 Å². The molecular weight excluding hydrogens is 168 g/mol. The first-order chi connectivity index (χ1) is 5.74. The molecule has 0 aromatic rings. The van der Waals surface area contributed by atoms with E-state index in [1.54, 1.807) is 0 Å². The van der Waals surface area contributed by atoms with Crippen molar-refractivity contribution in [2.45, 2.75) is 46.2 Å². The lowest BCUT2D eigenvalue weighted by molar-refractivity contribution is 0.176. The summed E-state index contributed by atoms with van der Waals surface area (Å²) in [5.41, 5.74) is 0. The molecule has 74 valence electrons. The molecule has 0 atom stereocenters. The highest BCUT2D eigenvalue weighted by Crippen LogP contribution is 2.18. The molecule has 0 aliphatic rings. The van der Waals surface area contributed by atoms with Crippen LogP contribution in [-0.2, 0) is 8.85 Å². The second-order valence-electron chi connectivity index (χ2n) is 2.90. The summed E-state index contributed by atoms with van der Waals surface area (Å²) in [6.45, 7) is 10.2. The van der Waals surface area contributed by atoms with Gasteiger partial charge in [-0.1, -0.05) is 20.8 Å². The van der Waals surface area contributed by atoms with Crippen molar-refractivity contribution in [2.24, 2.45) is 0 Å². The Hall–Kier alpha value is 0.137. The Morgan fingerprint density at radius 2 is 1.50 bits per heavy atom. The molecule has 0 unspecified atom stereocenters. The van der Waals surface area contributed by atoms with E-state index >= 15 is 0 Å². The zero-order chi connectivity index (χ0) is 9.45. The number of hydrogen-bond acceptors (Lipinski definition) is 2. The zero-order valence-corrected chi connectivity index (χ0v) is 9.85. The summed E-state index contributed by atoms with van der Waals surface area (Å²) in [5, 5.41) is 0. The van der Waals surface area contributed by atoms with Crippen LogP contribution in [0.5, 0.6) is 0 Å². The van der Waals surface area contributed by atoms with E-state index in [9.17, 15) is 0 Å². The minimum absolute atomic E-state index is 0.789. The third-order valence-corrected chi connectivity index (χ3v) is 5.75. The molecule has 0 saturated heterocycles. The minimum atomic E-state index is -1.76. The summed E-state index contributed by atoms with van der Waals surface area (Å²) < 4.78 is 11.6. The standard InChI is InChI=1S/C9H22O2Si/c1-5-9-11-12(7-3,8-4)10-6-2/h5-9H2,1-4H3. The molecule has 2 nitrogen and oxygen atoms in total. The van der Waals surface area contributed by atoms with Gasteiger partial charge in [0.1, 0.15) is 0 Å². The predicted molar refractivity (Wildman–Crippen MR) is 54.6 cm³/mol. The second-order valence-corrected chi connectivity index (χ2v) is 6.71. The van der Waals surface area contributed by atoms with Gasteiger partial charge in [0.15, 0.2) is 0 Å². The van der Waals surface area contributed by atoms with E-state index in [1.807, 2.05) is 6.92 Å². The maximum atomic E-state index is 5.83. The van der Waals surface area contributed by atoms with Gasteiger partial charge in [0.2, 0.25) is 0 Å². The third kappa shape index (κ3) is 3.69.